The maximum absolute atomic E-state index is 11.2. The van der Waals surface area contributed by atoms with Crippen LogP contribution in [0.25, 0.3) is 5.57 Å². The highest BCUT2D eigenvalue weighted by atomic mass is 16.5. The van der Waals surface area contributed by atoms with E-state index in [0.29, 0.717) is 18.0 Å². The monoisotopic (exact) mass is 272 g/mol. The number of rotatable bonds is 3. The van der Waals surface area contributed by atoms with Gasteiger partial charge in [0.1, 0.15) is 11.4 Å². The van der Waals surface area contributed by atoms with Crippen molar-refractivity contribution in [1.82, 2.24) is 4.98 Å². The van der Waals surface area contributed by atoms with Crippen LogP contribution in [0.4, 0.5) is 0 Å². The third-order valence-corrected chi connectivity index (χ3v) is 3.29. The molecule has 2 heterocycles. The summed E-state index contributed by atoms with van der Waals surface area (Å²) in [6.45, 7) is 6.97. The van der Waals surface area contributed by atoms with Gasteiger partial charge in [0, 0.05) is 23.6 Å². The molecule has 1 aromatic rings. The minimum absolute atomic E-state index is 0.144. The van der Waals surface area contributed by atoms with E-state index in [2.05, 4.69) is 36.8 Å². The molecule has 0 saturated carbocycles. The smallest absolute Gasteiger partial charge is 0.172 e. The summed E-state index contributed by atoms with van der Waals surface area (Å²) in [5.41, 5.74) is 3.36. The van der Waals surface area contributed by atoms with Crippen molar-refractivity contribution in [2.75, 3.05) is 13.7 Å². The summed E-state index contributed by atoms with van der Waals surface area (Å²) in [4.78, 5) is 19.9. The molecule has 0 fully saturated rings. The largest absolute Gasteiger partial charge is 0.494 e. The molecule has 1 aliphatic rings. The van der Waals surface area contributed by atoms with E-state index < -0.39 is 0 Å². The van der Waals surface area contributed by atoms with Gasteiger partial charge in [-0.15, -0.1) is 0 Å². The Labute approximate surface area is 119 Å². The number of dihydropyridines is 1. The molecule has 0 radical (unpaired) electrons. The summed E-state index contributed by atoms with van der Waals surface area (Å²) in [5, 5.41) is 0. The van der Waals surface area contributed by atoms with Crippen molar-refractivity contribution < 1.29 is 9.53 Å². The number of hydrogen-bond acceptors (Lipinski definition) is 4. The quantitative estimate of drug-likeness (QED) is 0.795. The van der Waals surface area contributed by atoms with Crippen LogP contribution < -0.4 is 4.74 Å². The van der Waals surface area contributed by atoms with E-state index in [1.54, 1.807) is 7.11 Å². The average Bonchev–Trinajstić information content (AvgIpc) is 2.45. The number of pyridine rings is 1. The van der Waals surface area contributed by atoms with E-state index in [1.807, 2.05) is 12.3 Å². The molecule has 1 aromatic heterocycles. The van der Waals surface area contributed by atoms with Crippen LogP contribution in [0.3, 0.4) is 0 Å². The number of aldehydes is 1. The van der Waals surface area contributed by atoms with Gasteiger partial charge in [0.05, 0.1) is 19.3 Å². The molecule has 0 N–H and O–H groups in total. The van der Waals surface area contributed by atoms with Crippen molar-refractivity contribution in [3.63, 3.8) is 0 Å². The molecule has 0 saturated heterocycles. The fourth-order valence-electron chi connectivity index (χ4n) is 2.28. The van der Waals surface area contributed by atoms with E-state index >= 15 is 0 Å². The van der Waals surface area contributed by atoms with Crippen LogP contribution in [0.1, 0.15) is 48.9 Å². The topological polar surface area (TPSA) is 51.6 Å². The highest BCUT2D eigenvalue weighted by molar-refractivity contribution is 5.85. The summed E-state index contributed by atoms with van der Waals surface area (Å²) < 4.78 is 5.28. The van der Waals surface area contributed by atoms with Gasteiger partial charge in [-0.25, -0.2) is 4.98 Å². The number of allylic oxidation sites excluding steroid dienone is 1. The molecule has 0 aromatic carbocycles. The molecule has 4 nitrogen and oxygen atoms in total. The zero-order chi connectivity index (χ0) is 14.8. The predicted octanol–water partition coefficient (Wildman–Crippen LogP) is 3.06. The van der Waals surface area contributed by atoms with Gasteiger partial charge in [0.15, 0.2) is 6.29 Å². The molecule has 106 valence electrons. The number of aliphatic imine (C=N–C) groups is 1. The summed E-state index contributed by atoms with van der Waals surface area (Å²) >= 11 is 0. The first-order chi connectivity index (χ1) is 9.47. The van der Waals surface area contributed by atoms with Crippen molar-refractivity contribution in [2.45, 2.75) is 32.6 Å². The number of ether oxygens (including phenoxy) is 1. The number of methoxy groups -OCH3 is 1. The summed E-state index contributed by atoms with van der Waals surface area (Å²) in [7, 11) is 1.56. The Morgan fingerprint density at radius 1 is 1.35 bits per heavy atom. The third kappa shape index (κ3) is 2.79. The number of aromatic nitrogens is 1. The van der Waals surface area contributed by atoms with Gasteiger partial charge in [0.25, 0.3) is 0 Å². The zero-order valence-corrected chi connectivity index (χ0v) is 12.4. The number of carbonyl (C=O) groups excluding carboxylic acids is 1. The van der Waals surface area contributed by atoms with Gasteiger partial charge in [-0.3, -0.25) is 9.79 Å². The maximum Gasteiger partial charge on any atom is 0.172 e. The molecule has 0 unspecified atom stereocenters. The number of hydrogen-bond donors (Lipinski definition) is 0. The average molecular weight is 272 g/mol. The van der Waals surface area contributed by atoms with Crippen LogP contribution in [0.15, 0.2) is 17.1 Å². The van der Waals surface area contributed by atoms with Gasteiger partial charge in [0.2, 0.25) is 0 Å². The Bertz CT molecular complexity index is 581. The van der Waals surface area contributed by atoms with Crippen molar-refractivity contribution in [3.05, 3.63) is 29.1 Å². The van der Waals surface area contributed by atoms with Crippen LogP contribution in [0.5, 0.6) is 5.75 Å². The second kappa shape index (κ2) is 5.57. The molecule has 2 rings (SSSR count). The second-order valence-electron chi connectivity index (χ2n) is 5.82. The van der Waals surface area contributed by atoms with E-state index in [9.17, 15) is 4.79 Å². The van der Waals surface area contributed by atoms with E-state index in [1.165, 1.54) is 5.57 Å². The van der Waals surface area contributed by atoms with Gasteiger partial charge in [-0.2, -0.15) is 0 Å². The lowest BCUT2D eigenvalue weighted by atomic mass is 9.84. The minimum Gasteiger partial charge on any atom is -0.494 e. The standard InChI is InChI=1S/C16H20N2O2/c1-16(2,3)15-12(11-5-7-17-8-6-11)9-14(20-4)13(10-19)18-15/h5,8-10H,6-7H2,1-4H3. The molecule has 20 heavy (non-hydrogen) atoms. The Hall–Kier alpha value is -1.97. The number of carbonyl (C=O) groups is 1. The van der Waals surface area contributed by atoms with Gasteiger partial charge >= 0.3 is 0 Å². The lowest BCUT2D eigenvalue weighted by Crippen LogP contribution is -2.18. The van der Waals surface area contributed by atoms with Crippen LogP contribution in [0.2, 0.25) is 0 Å². The van der Waals surface area contributed by atoms with Gasteiger partial charge in [-0.1, -0.05) is 26.8 Å². The van der Waals surface area contributed by atoms with Gasteiger partial charge in [-0.05, 0) is 11.6 Å². The van der Waals surface area contributed by atoms with Gasteiger partial charge < -0.3 is 4.74 Å². The second-order valence-corrected chi connectivity index (χ2v) is 5.82. The fourth-order valence-corrected chi connectivity index (χ4v) is 2.28. The molecule has 0 bridgehead atoms. The molecular formula is C16H20N2O2. The highest BCUT2D eigenvalue weighted by Crippen LogP contribution is 2.34. The molecule has 0 atom stereocenters. The molecule has 0 aliphatic carbocycles. The predicted molar refractivity (Wildman–Crippen MR) is 80.8 cm³/mol. The molecule has 4 heteroatoms. The first kappa shape index (κ1) is 14.4. The SMILES string of the molecule is COc1cc(C2=CCN=CC2)c(C(C)(C)C)nc1C=O. The Morgan fingerprint density at radius 3 is 2.60 bits per heavy atom. The van der Waals surface area contributed by atoms with E-state index in [-0.39, 0.29) is 5.41 Å². The summed E-state index contributed by atoms with van der Waals surface area (Å²) in [5.74, 6) is 0.520. The Kier molecular flexibility index (Phi) is 4.02. The minimum atomic E-state index is -0.144. The van der Waals surface area contributed by atoms with Crippen molar-refractivity contribution in [3.8, 4) is 5.75 Å². The van der Waals surface area contributed by atoms with Crippen molar-refractivity contribution >= 4 is 18.1 Å². The van der Waals surface area contributed by atoms with Crippen LogP contribution in [0, 0.1) is 0 Å². The third-order valence-electron chi connectivity index (χ3n) is 3.29. The van der Waals surface area contributed by atoms with Crippen LogP contribution in [-0.2, 0) is 5.41 Å². The molecular weight excluding hydrogens is 252 g/mol. The first-order valence-corrected chi connectivity index (χ1v) is 6.69. The summed E-state index contributed by atoms with van der Waals surface area (Å²) in [6, 6.07) is 1.92. The number of nitrogens with zero attached hydrogens (tertiary/aromatic N) is 2. The maximum atomic E-state index is 11.2. The van der Waals surface area contributed by atoms with E-state index in [4.69, 9.17) is 4.74 Å². The Morgan fingerprint density at radius 2 is 2.10 bits per heavy atom. The highest BCUT2D eigenvalue weighted by Gasteiger charge is 2.24. The lowest BCUT2D eigenvalue weighted by molar-refractivity contribution is 0.111. The van der Waals surface area contributed by atoms with Crippen LogP contribution >= 0.6 is 0 Å². The fraction of sp³-hybridized carbons (Fsp3) is 0.438. The lowest BCUT2D eigenvalue weighted by Gasteiger charge is -2.24. The normalized spacial score (nSPS) is 14.9. The Balaban J connectivity index is 2.63. The van der Waals surface area contributed by atoms with E-state index in [0.717, 1.165) is 24.0 Å². The van der Waals surface area contributed by atoms with Crippen molar-refractivity contribution in [1.29, 1.82) is 0 Å². The first-order valence-electron chi connectivity index (χ1n) is 6.69. The zero-order valence-electron chi connectivity index (χ0n) is 12.4. The van der Waals surface area contributed by atoms with Crippen molar-refractivity contribution in [2.24, 2.45) is 4.99 Å². The molecule has 0 spiro atoms. The van der Waals surface area contributed by atoms with Crippen LogP contribution in [-0.4, -0.2) is 31.1 Å². The summed E-state index contributed by atoms with van der Waals surface area (Å²) in [6.07, 6.45) is 5.55. The molecule has 1 aliphatic heterocycles. The molecule has 0 amide bonds.